The van der Waals surface area contributed by atoms with E-state index >= 15 is 0 Å². The first kappa shape index (κ1) is 15.5. The molecule has 2 atom stereocenters. The number of aryl methyl sites for hydroxylation is 1. The van der Waals surface area contributed by atoms with Gasteiger partial charge in [-0.25, -0.2) is 9.59 Å². The van der Waals surface area contributed by atoms with Crippen LogP contribution in [0.3, 0.4) is 0 Å². The molecule has 0 saturated carbocycles. The van der Waals surface area contributed by atoms with Crippen LogP contribution in [0.2, 0.25) is 0 Å². The van der Waals surface area contributed by atoms with Gasteiger partial charge < -0.3 is 18.3 Å². The minimum atomic E-state index is -0.991. The third kappa shape index (κ3) is 2.41. The third-order valence-corrected chi connectivity index (χ3v) is 4.24. The van der Waals surface area contributed by atoms with Gasteiger partial charge >= 0.3 is 11.6 Å². The summed E-state index contributed by atoms with van der Waals surface area (Å²) in [6.45, 7) is 3.73. The number of furan rings is 1. The van der Waals surface area contributed by atoms with Crippen molar-refractivity contribution in [1.29, 1.82) is 0 Å². The summed E-state index contributed by atoms with van der Waals surface area (Å²) in [5, 5.41) is 0.636. The number of hydrogen-bond acceptors (Lipinski definition) is 6. The lowest BCUT2D eigenvalue weighted by Gasteiger charge is -2.15. The first-order valence-corrected chi connectivity index (χ1v) is 8.05. The molecule has 128 valence electrons. The van der Waals surface area contributed by atoms with Crippen LogP contribution in [0.1, 0.15) is 29.9 Å². The first-order chi connectivity index (χ1) is 12.1. The van der Waals surface area contributed by atoms with Gasteiger partial charge in [0.1, 0.15) is 28.8 Å². The van der Waals surface area contributed by atoms with Crippen molar-refractivity contribution in [3.63, 3.8) is 0 Å². The highest BCUT2D eigenvalue weighted by molar-refractivity contribution is 5.88. The van der Waals surface area contributed by atoms with Crippen LogP contribution in [0.15, 0.2) is 50.0 Å². The predicted molar refractivity (Wildman–Crippen MR) is 88.8 cm³/mol. The highest BCUT2D eigenvalue weighted by Crippen LogP contribution is 2.44. The summed E-state index contributed by atoms with van der Waals surface area (Å²) < 4.78 is 22.1. The molecule has 2 aromatic heterocycles. The van der Waals surface area contributed by atoms with Crippen molar-refractivity contribution < 1.29 is 23.1 Å². The molecule has 6 nitrogen and oxygen atoms in total. The summed E-state index contributed by atoms with van der Waals surface area (Å²) in [4.78, 5) is 25.0. The van der Waals surface area contributed by atoms with Crippen LogP contribution in [-0.2, 0) is 9.53 Å². The number of hydrogen-bond donors (Lipinski definition) is 0. The Hall–Kier alpha value is -3.02. The van der Waals surface area contributed by atoms with Gasteiger partial charge in [-0.15, -0.1) is 0 Å². The van der Waals surface area contributed by atoms with Crippen molar-refractivity contribution in [1.82, 2.24) is 0 Å². The van der Waals surface area contributed by atoms with Gasteiger partial charge in [-0.05, 0) is 38.1 Å². The SMILES string of the molecule is CCOC(=O)[C@H]1Oc2c(c(=O)oc3ccccc23)[C@@H]1c1ccc(C)o1. The fourth-order valence-electron chi connectivity index (χ4n) is 3.20. The molecule has 0 bridgehead atoms. The smallest absolute Gasteiger partial charge is 0.348 e. The topological polar surface area (TPSA) is 78.9 Å². The number of benzene rings is 1. The van der Waals surface area contributed by atoms with Gasteiger partial charge in [0.2, 0.25) is 6.10 Å². The first-order valence-electron chi connectivity index (χ1n) is 8.05. The van der Waals surface area contributed by atoms with Crippen molar-refractivity contribution in [2.75, 3.05) is 6.61 Å². The molecule has 25 heavy (non-hydrogen) atoms. The Bertz CT molecular complexity index is 1010. The van der Waals surface area contributed by atoms with Crippen LogP contribution >= 0.6 is 0 Å². The Balaban J connectivity index is 1.95. The quantitative estimate of drug-likeness (QED) is 0.538. The van der Waals surface area contributed by atoms with Crippen LogP contribution in [0.4, 0.5) is 0 Å². The minimum absolute atomic E-state index is 0.217. The number of rotatable bonds is 3. The number of esters is 1. The van der Waals surface area contributed by atoms with E-state index in [-0.39, 0.29) is 12.2 Å². The van der Waals surface area contributed by atoms with Gasteiger partial charge in [0.05, 0.1) is 17.6 Å². The van der Waals surface area contributed by atoms with Crippen molar-refractivity contribution in [2.45, 2.75) is 25.9 Å². The molecule has 0 fully saturated rings. The average Bonchev–Trinajstić information content (AvgIpc) is 3.19. The molecule has 3 aromatic rings. The fraction of sp³-hybridized carbons (Fsp3) is 0.263. The number of carbonyl (C=O) groups is 1. The van der Waals surface area contributed by atoms with Gasteiger partial charge in [-0.2, -0.15) is 0 Å². The monoisotopic (exact) mass is 340 g/mol. The lowest BCUT2D eigenvalue weighted by atomic mass is 9.93. The normalized spacial score (nSPS) is 18.8. The highest BCUT2D eigenvalue weighted by Gasteiger charge is 2.46. The lowest BCUT2D eigenvalue weighted by Crippen LogP contribution is -2.32. The van der Waals surface area contributed by atoms with E-state index in [9.17, 15) is 9.59 Å². The molecule has 0 amide bonds. The maximum absolute atomic E-state index is 12.6. The van der Waals surface area contributed by atoms with E-state index in [1.807, 2.05) is 6.07 Å². The van der Waals surface area contributed by atoms with Crippen molar-refractivity contribution in [3.8, 4) is 5.75 Å². The molecular formula is C19H16O6. The second-order valence-corrected chi connectivity index (χ2v) is 5.85. The Morgan fingerprint density at radius 1 is 1.16 bits per heavy atom. The average molecular weight is 340 g/mol. The van der Waals surface area contributed by atoms with E-state index in [0.717, 1.165) is 0 Å². The van der Waals surface area contributed by atoms with Crippen molar-refractivity contribution >= 4 is 16.9 Å². The van der Waals surface area contributed by atoms with E-state index in [1.165, 1.54) is 0 Å². The lowest BCUT2D eigenvalue weighted by molar-refractivity contribution is -0.151. The zero-order valence-electron chi connectivity index (χ0n) is 13.8. The Morgan fingerprint density at radius 3 is 2.68 bits per heavy atom. The molecule has 0 saturated heterocycles. The zero-order chi connectivity index (χ0) is 17.6. The number of para-hydroxylation sites is 1. The van der Waals surface area contributed by atoms with Crippen LogP contribution in [0, 0.1) is 6.92 Å². The maximum Gasteiger partial charge on any atom is 0.348 e. The van der Waals surface area contributed by atoms with Crippen molar-refractivity contribution in [2.24, 2.45) is 0 Å². The van der Waals surface area contributed by atoms with Crippen LogP contribution in [0.5, 0.6) is 5.75 Å². The molecule has 4 rings (SSSR count). The molecule has 0 N–H and O–H groups in total. The number of ether oxygens (including phenoxy) is 2. The minimum Gasteiger partial charge on any atom is -0.476 e. The standard InChI is InChI=1S/C19H16O6/c1-3-22-19(21)17-14(13-9-8-10(2)23-13)15-16(25-17)11-6-4-5-7-12(11)24-18(15)20/h4-9,14,17H,3H2,1-2H3/t14-,17-/m0/s1. The van der Waals surface area contributed by atoms with Crippen LogP contribution in [-0.4, -0.2) is 18.7 Å². The summed E-state index contributed by atoms with van der Waals surface area (Å²) in [7, 11) is 0. The molecule has 0 spiro atoms. The van der Waals surface area contributed by atoms with E-state index in [1.54, 1.807) is 44.2 Å². The number of fused-ring (bicyclic) bond motifs is 3. The molecule has 6 heteroatoms. The van der Waals surface area contributed by atoms with E-state index < -0.39 is 23.6 Å². The van der Waals surface area contributed by atoms with E-state index in [4.69, 9.17) is 18.3 Å². The molecular weight excluding hydrogens is 324 g/mol. The highest BCUT2D eigenvalue weighted by atomic mass is 16.6. The van der Waals surface area contributed by atoms with Crippen LogP contribution < -0.4 is 10.4 Å². The second kappa shape index (κ2) is 5.81. The van der Waals surface area contributed by atoms with Gasteiger partial charge in [0, 0.05) is 0 Å². The van der Waals surface area contributed by atoms with Gasteiger partial charge in [-0.3, -0.25) is 0 Å². The van der Waals surface area contributed by atoms with Crippen molar-refractivity contribution in [3.05, 3.63) is 63.9 Å². The van der Waals surface area contributed by atoms with Gasteiger partial charge in [0.25, 0.3) is 0 Å². The van der Waals surface area contributed by atoms with Gasteiger partial charge in [0.15, 0.2) is 0 Å². The number of carbonyl (C=O) groups excluding carboxylic acids is 1. The van der Waals surface area contributed by atoms with E-state index in [0.29, 0.717) is 28.2 Å². The molecule has 1 aliphatic rings. The molecule has 3 heterocycles. The fourth-order valence-corrected chi connectivity index (χ4v) is 3.20. The second-order valence-electron chi connectivity index (χ2n) is 5.85. The van der Waals surface area contributed by atoms with Gasteiger partial charge in [-0.1, -0.05) is 12.1 Å². The predicted octanol–water partition coefficient (Wildman–Crippen LogP) is 3.15. The molecule has 0 unspecified atom stereocenters. The third-order valence-electron chi connectivity index (χ3n) is 4.24. The Labute approximate surface area is 143 Å². The largest absolute Gasteiger partial charge is 0.476 e. The molecule has 1 aromatic carbocycles. The van der Waals surface area contributed by atoms with E-state index in [2.05, 4.69) is 0 Å². The zero-order valence-corrected chi connectivity index (χ0v) is 13.8. The summed E-state index contributed by atoms with van der Waals surface area (Å²) >= 11 is 0. The summed E-state index contributed by atoms with van der Waals surface area (Å²) in [6.07, 6.45) is -0.991. The molecule has 0 radical (unpaired) electrons. The Kier molecular flexibility index (Phi) is 3.60. The molecule has 0 aliphatic carbocycles. The molecule has 1 aliphatic heterocycles. The Morgan fingerprint density at radius 2 is 1.96 bits per heavy atom. The summed E-state index contributed by atoms with van der Waals surface area (Å²) in [5.41, 5.74) is 0.149. The summed E-state index contributed by atoms with van der Waals surface area (Å²) in [5.74, 6) is 0.252. The maximum atomic E-state index is 12.6. The summed E-state index contributed by atoms with van der Waals surface area (Å²) in [6, 6.07) is 10.6. The van der Waals surface area contributed by atoms with Crippen LogP contribution in [0.25, 0.3) is 11.0 Å².